The SMILES string of the molecule is O=Cc1cc(O)[nH]c1Cl. The third-order valence-electron chi connectivity index (χ3n) is 0.910. The van der Waals surface area contributed by atoms with Gasteiger partial charge in [0.2, 0.25) is 0 Å². The maximum atomic E-state index is 10.0. The molecule has 0 aliphatic carbocycles. The van der Waals surface area contributed by atoms with E-state index in [1.807, 2.05) is 0 Å². The van der Waals surface area contributed by atoms with Gasteiger partial charge >= 0.3 is 0 Å². The molecule has 1 aromatic heterocycles. The third kappa shape index (κ3) is 1.05. The fraction of sp³-hybridized carbons (Fsp3) is 0. The summed E-state index contributed by atoms with van der Waals surface area (Å²) in [6.45, 7) is 0. The lowest BCUT2D eigenvalue weighted by molar-refractivity contribution is 0.112. The summed E-state index contributed by atoms with van der Waals surface area (Å²) in [6.07, 6.45) is 0.568. The Morgan fingerprint density at radius 3 is 2.67 bits per heavy atom. The summed E-state index contributed by atoms with van der Waals surface area (Å²) in [6, 6.07) is 1.26. The number of aromatic hydroxyl groups is 1. The molecule has 0 atom stereocenters. The maximum Gasteiger partial charge on any atom is 0.190 e. The van der Waals surface area contributed by atoms with Crippen LogP contribution >= 0.6 is 11.6 Å². The second-order valence-electron chi connectivity index (χ2n) is 1.54. The van der Waals surface area contributed by atoms with Crippen molar-refractivity contribution in [1.82, 2.24) is 4.98 Å². The Morgan fingerprint density at radius 1 is 1.78 bits per heavy atom. The Kier molecular flexibility index (Phi) is 1.44. The smallest absolute Gasteiger partial charge is 0.190 e. The minimum atomic E-state index is -0.0953. The van der Waals surface area contributed by atoms with Gasteiger partial charge in [-0.15, -0.1) is 0 Å². The van der Waals surface area contributed by atoms with Gasteiger partial charge in [0.25, 0.3) is 0 Å². The summed E-state index contributed by atoms with van der Waals surface area (Å²) < 4.78 is 0. The van der Waals surface area contributed by atoms with Crippen LogP contribution in [0.4, 0.5) is 0 Å². The molecule has 0 aliphatic rings. The number of aromatic nitrogens is 1. The molecule has 0 radical (unpaired) electrons. The van der Waals surface area contributed by atoms with E-state index >= 15 is 0 Å². The van der Waals surface area contributed by atoms with Crippen LogP contribution in [0.5, 0.6) is 5.88 Å². The molecule has 9 heavy (non-hydrogen) atoms. The van der Waals surface area contributed by atoms with Crippen LogP contribution in [0.25, 0.3) is 0 Å². The van der Waals surface area contributed by atoms with Crippen molar-refractivity contribution in [2.75, 3.05) is 0 Å². The van der Waals surface area contributed by atoms with Crippen molar-refractivity contribution >= 4 is 17.9 Å². The predicted molar refractivity (Wildman–Crippen MR) is 32.9 cm³/mol. The van der Waals surface area contributed by atoms with Crippen molar-refractivity contribution in [2.24, 2.45) is 0 Å². The Bertz CT molecular complexity index is 231. The molecule has 1 rings (SSSR count). The number of carbonyl (C=O) groups is 1. The molecule has 3 nitrogen and oxygen atoms in total. The molecule has 0 saturated heterocycles. The van der Waals surface area contributed by atoms with Crippen LogP contribution in [-0.4, -0.2) is 16.4 Å². The first-order valence-electron chi connectivity index (χ1n) is 2.26. The lowest BCUT2D eigenvalue weighted by Crippen LogP contribution is -1.71. The van der Waals surface area contributed by atoms with Crippen LogP contribution in [0.15, 0.2) is 6.07 Å². The summed E-state index contributed by atoms with van der Waals surface area (Å²) in [4.78, 5) is 12.4. The van der Waals surface area contributed by atoms with Crippen molar-refractivity contribution in [2.45, 2.75) is 0 Å². The van der Waals surface area contributed by atoms with Gasteiger partial charge in [0.05, 0.1) is 5.56 Å². The van der Waals surface area contributed by atoms with Crippen LogP contribution in [-0.2, 0) is 0 Å². The second kappa shape index (κ2) is 2.11. The Hall–Kier alpha value is -0.960. The molecule has 0 amide bonds. The van der Waals surface area contributed by atoms with Crippen molar-refractivity contribution in [3.63, 3.8) is 0 Å². The largest absolute Gasteiger partial charge is 0.495 e. The van der Waals surface area contributed by atoms with Crippen molar-refractivity contribution in [3.8, 4) is 5.88 Å². The molecular weight excluding hydrogens is 142 g/mol. The number of H-pyrrole nitrogens is 1. The Labute approximate surface area is 56.3 Å². The molecule has 48 valence electrons. The maximum absolute atomic E-state index is 10.0. The lowest BCUT2D eigenvalue weighted by atomic mass is 10.4. The quantitative estimate of drug-likeness (QED) is 0.584. The van der Waals surface area contributed by atoms with Gasteiger partial charge in [0.15, 0.2) is 12.2 Å². The number of halogens is 1. The molecule has 0 unspecified atom stereocenters. The molecule has 0 spiro atoms. The van der Waals surface area contributed by atoms with E-state index in [1.165, 1.54) is 6.07 Å². The van der Waals surface area contributed by atoms with Crippen molar-refractivity contribution in [1.29, 1.82) is 0 Å². The number of hydrogen-bond acceptors (Lipinski definition) is 2. The van der Waals surface area contributed by atoms with E-state index in [0.717, 1.165) is 0 Å². The average Bonchev–Trinajstić information content (AvgIpc) is 2.10. The van der Waals surface area contributed by atoms with Gasteiger partial charge in [-0.3, -0.25) is 4.79 Å². The van der Waals surface area contributed by atoms with E-state index in [-0.39, 0.29) is 16.6 Å². The van der Waals surface area contributed by atoms with Crippen LogP contribution in [0.2, 0.25) is 5.15 Å². The fourth-order valence-electron chi connectivity index (χ4n) is 0.517. The highest BCUT2D eigenvalue weighted by Gasteiger charge is 2.01. The minimum Gasteiger partial charge on any atom is -0.495 e. The molecule has 0 saturated carbocycles. The van der Waals surface area contributed by atoms with Gasteiger partial charge in [-0.1, -0.05) is 11.6 Å². The fourth-order valence-corrected chi connectivity index (χ4v) is 0.713. The molecule has 1 aromatic rings. The number of aldehydes is 1. The highest BCUT2D eigenvalue weighted by atomic mass is 35.5. The number of hydrogen-bond donors (Lipinski definition) is 2. The lowest BCUT2D eigenvalue weighted by Gasteiger charge is -1.77. The number of carbonyl (C=O) groups excluding carboxylic acids is 1. The Balaban J connectivity index is 3.15. The van der Waals surface area contributed by atoms with E-state index in [0.29, 0.717) is 6.29 Å². The molecule has 0 fully saturated rings. The van der Waals surface area contributed by atoms with Gasteiger partial charge in [-0.05, 0) is 0 Å². The highest BCUT2D eigenvalue weighted by Crippen LogP contribution is 2.17. The standard InChI is InChI=1S/C5H4ClNO2/c6-5-3(2-8)1-4(9)7-5/h1-2,7,9H. The van der Waals surface area contributed by atoms with Crippen LogP contribution in [0, 0.1) is 0 Å². The topological polar surface area (TPSA) is 53.1 Å². The molecular formula is C5H4ClNO2. The van der Waals surface area contributed by atoms with E-state index in [1.54, 1.807) is 0 Å². The summed E-state index contributed by atoms with van der Waals surface area (Å²) >= 11 is 5.40. The van der Waals surface area contributed by atoms with Crippen LogP contribution in [0.3, 0.4) is 0 Å². The Morgan fingerprint density at radius 2 is 2.44 bits per heavy atom. The zero-order valence-electron chi connectivity index (χ0n) is 4.39. The molecule has 0 aliphatic heterocycles. The van der Waals surface area contributed by atoms with Gasteiger partial charge in [-0.2, -0.15) is 0 Å². The summed E-state index contributed by atoms with van der Waals surface area (Å²) in [5.41, 5.74) is 0.272. The van der Waals surface area contributed by atoms with E-state index < -0.39 is 0 Å². The average molecular weight is 146 g/mol. The van der Waals surface area contributed by atoms with Crippen LogP contribution in [0.1, 0.15) is 10.4 Å². The normalized spacial score (nSPS) is 9.44. The minimum absolute atomic E-state index is 0.0953. The number of rotatable bonds is 1. The van der Waals surface area contributed by atoms with Crippen LogP contribution < -0.4 is 0 Å². The van der Waals surface area contributed by atoms with E-state index in [4.69, 9.17) is 16.7 Å². The number of nitrogens with one attached hydrogen (secondary N) is 1. The summed E-state index contributed by atoms with van der Waals surface area (Å²) in [5, 5.41) is 8.84. The van der Waals surface area contributed by atoms with Gasteiger partial charge in [0.1, 0.15) is 5.15 Å². The molecule has 4 heteroatoms. The van der Waals surface area contributed by atoms with Gasteiger partial charge in [-0.25, -0.2) is 0 Å². The van der Waals surface area contributed by atoms with Crippen molar-refractivity contribution < 1.29 is 9.90 Å². The van der Waals surface area contributed by atoms with E-state index in [9.17, 15) is 4.79 Å². The molecule has 1 heterocycles. The number of aromatic amines is 1. The summed E-state index contributed by atoms with van der Waals surface area (Å²) in [7, 11) is 0. The third-order valence-corrected chi connectivity index (χ3v) is 1.22. The second-order valence-corrected chi connectivity index (χ2v) is 1.92. The predicted octanol–water partition coefficient (Wildman–Crippen LogP) is 1.19. The van der Waals surface area contributed by atoms with Gasteiger partial charge in [0, 0.05) is 6.07 Å². The summed E-state index contributed by atoms with van der Waals surface area (Å²) in [5.74, 6) is -0.0953. The first-order valence-corrected chi connectivity index (χ1v) is 2.64. The highest BCUT2D eigenvalue weighted by molar-refractivity contribution is 6.32. The van der Waals surface area contributed by atoms with Crippen molar-refractivity contribution in [3.05, 3.63) is 16.8 Å². The monoisotopic (exact) mass is 145 g/mol. The molecule has 2 N–H and O–H groups in total. The van der Waals surface area contributed by atoms with Gasteiger partial charge < -0.3 is 10.1 Å². The first kappa shape index (κ1) is 6.16. The molecule has 0 bridgehead atoms. The van der Waals surface area contributed by atoms with E-state index in [2.05, 4.69) is 4.98 Å². The zero-order chi connectivity index (χ0) is 6.85. The zero-order valence-corrected chi connectivity index (χ0v) is 5.14. The first-order chi connectivity index (χ1) is 4.24. The molecule has 0 aromatic carbocycles.